The Morgan fingerprint density at radius 3 is 2.48 bits per heavy atom. The van der Waals surface area contributed by atoms with E-state index in [0.717, 1.165) is 18.1 Å². The zero-order chi connectivity index (χ0) is 20.0. The number of nitrogens with zero attached hydrogens (tertiary/aromatic N) is 1. The average Bonchev–Trinajstić information content (AvgIpc) is 3.43. The second kappa shape index (κ2) is 7.69. The summed E-state index contributed by atoms with van der Waals surface area (Å²) in [6, 6.07) is 14.2. The van der Waals surface area contributed by atoms with Gasteiger partial charge < -0.3 is 15.0 Å². The molecule has 2 aromatic carbocycles. The van der Waals surface area contributed by atoms with Crippen LogP contribution in [-0.4, -0.2) is 36.1 Å². The maximum atomic E-state index is 14.6. The van der Waals surface area contributed by atoms with Crippen molar-refractivity contribution in [1.82, 2.24) is 10.2 Å². The number of nitrogens with one attached hydrogen (secondary N) is 1. The third-order valence-electron chi connectivity index (χ3n) is 7.00. The first-order valence-electron chi connectivity index (χ1n) is 10.7. The minimum absolute atomic E-state index is 0.114. The number of hydrogen-bond donors (Lipinski definition) is 1. The molecule has 0 radical (unpaired) electrons. The zero-order valence-corrected chi connectivity index (χ0v) is 16.8. The molecule has 3 nitrogen and oxygen atoms in total. The maximum absolute atomic E-state index is 14.6. The lowest BCUT2D eigenvalue weighted by Crippen LogP contribution is -2.47. The van der Waals surface area contributed by atoms with Crippen LogP contribution >= 0.6 is 0 Å². The first-order valence-corrected chi connectivity index (χ1v) is 10.7. The molecule has 4 atom stereocenters. The van der Waals surface area contributed by atoms with Crippen LogP contribution in [0.2, 0.25) is 0 Å². The van der Waals surface area contributed by atoms with Crippen LogP contribution in [-0.2, 0) is 6.61 Å². The molecule has 2 aromatic rings. The molecule has 2 saturated heterocycles. The number of rotatable bonds is 6. The summed E-state index contributed by atoms with van der Waals surface area (Å²) in [6.45, 7) is 0.277. The fourth-order valence-electron chi connectivity index (χ4n) is 5.31. The molecular weight excluding hydrogens is 370 g/mol. The van der Waals surface area contributed by atoms with Crippen molar-refractivity contribution in [2.24, 2.45) is 0 Å². The highest BCUT2D eigenvalue weighted by molar-refractivity contribution is 5.42. The highest BCUT2D eigenvalue weighted by Gasteiger charge is 2.45. The molecule has 3 aliphatic rings. The quantitative estimate of drug-likeness (QED) is 0.769. The van der Waals surface area contributed by atoms with Crippen molar-refractivity contribution < 1.29 is 13.5 Å². The number of ether oxygens (including phenoxy) is 1. The standard InChI is InChI=1S/C24H28F2N2O/c1-28-18-7-8-19(28)12-17(11-18)27-23-13-20(23)21-9-16(25)10-22(26)24(21)29-14-15-5-3-2-4-6-15/h2-6,9-10,17-20,23,27H,7-8,11-14H2,1H3/t17?,18?,19?,20-,23+/m0/s1. The van der Waals surface area contributed by atoms with Crippen molar-refractivity contribution in [2.45, 2.75) is 68.8 Å². The average molecular weight is 398 g/mol. The fourth-order valence-corrected chi connectivity index (χ4v) is 5.31. The second-order valence-corrected chi connectivity index (χ2v) is 8.91. The van der Waals surface area contributed by atoms with E-state index in [1.165, 1.54) is 31.7 Å². The molecule has 5 rings (SSSR count). The predicted octanol–water partition coefficient (Wildman–Crippen LogP) is 4.61. The van der Waals surface area contributed by atoms with E-state index in [2.05, 4.69) is 17.3 Å². The summed E-state index contributed by atoms with van der Waals surface area (Å²) >= 11 is 0. The van der Waals surface area contributed by atoms with Gasteiger partial charge in [0.2, 0.25) is 0 Å². The first kappa shape index (κ1) is 19.0. The first-order chi connectivity index (χ1) is 14.1. The summed E-state index contributed by atoms with van der Waals surface area (Å²) in [5, 5.41) is 3.78. The molecule has 2 aliphatic heterocycles. The molecule has 29 heavy (non-hydrogen) atoms. The lowest BCUT2D eigenvalue weighted by atomic mass is 9.97. The van der Waals surface area contributed by atoms with Crippen LogP contribution in [0, 0.1) is 11.6 Å². The molecule has 2 bridgehead atoms. The molecule has 1 saturated carbocycles. The van der Waals surface area contributed by atoms with Crippen molar-refractivity contribution in [3.05, 3.63) is 65.2 Å². The van der Waals surface area contributed by atoms with Gasteiger partial charge in [-0.05, 0) is 50.8 Å². The molecule has 2 unspecified atom stereocenters. The highest BCUT2D eigenvalue weighted by Crippen LogP contribution is 2.47. The Morgan fingerprint density at radius 2 is 1.76 bits per heavy atom. The number of hydrogen-bond acceptors (Lipinski definition) is 3. The molecule has 0 amide bonds. The molecule has 1 N–H and O–H groups in total. The summed E-state index contributed by atoms with van der Waals surface area (Å²) in [7, 11) is 2.24. The number of benzene rings is 2. The predicted molar refractivity (Wildman–Crippen MR) is 109 cm³/mol. The highest BCUT2D eigenvalue weighted by atomic mass is 19.1. The number of halogens is 2. The third kappa shape index (κ3) is 3.90. The Kier molecular flexibility index (Phi) is 5.04. The topological polar surface area (TPSA) is 24.5 Å². The minimum atomic E-state index is -0.612. The molecule has 2 heterocycles. The largest absolute Gasteiger partial charge is 0.486 e. The monoisotopic (exact) mass is 398 g/mol. The van der Waals surface area contributed by atoms with Crippen LogP contribution < -0.4 is 10.1 Å². The van der Waals surface area contributed by atoms with Crippen LogP contribution in [0.4, 0.5) is 8.78 Å². The van der Waals surface area contributed by atoms with Gasteiger partial charge in [-0.3, -0.25) is 0 Å². The van der Waals surface area contributed by atoms with Gasteiger partial charge >= 0.3 is 0 Å². The van der Waals surface area contributed by atoms with E-state index in [-0.39, 0.29) is 24.3 Å². The van der Waals surface area contributed by atoms with E-state index >= 15 is 0 Å². The van der Waals surface area contributed by atoms with E-state index in [1.807, 2.05) is 30.3 Å². The van der Waals surface area contributed by atoms with Crippen LogP contribution in [0.25, 0.3) is 0 Å². The lowest BCUT2D eigenvalue weighted by molar-refractivity contribution is 0.148. The Bertz CT molecular complexity index is 861. The molecule has 1 aliphatic carbocycles. The summed E-state index contributed by atoms with van der Waals surface area (Å²) < 4.78 is 34.4. The maximum Gasteiger partial charge on any atom is 0.168 e. The number of fused-ring (bicyclic) bond motifs is 2. The van der Waals surface area contributed by atoms with Gasteiger partial charge in [0.15, 0.2) is 11.6 Å². The smallest absolute Gasteiger partial charge is 0.168 e. The molecule has 0 spiro atoms. The fraction of sp³-hybridized carbons (Fsp3) is 0.500. The minimum Gasteiger partial charge on any atom is -0.486 e. The Morgan fingerprint density at radius 1 is 1.03 bits per heavy atom. The lowest BCUT2D eigenvalue weighted by Gasteiger charge is -2.37. The van der Waals surface area contributed by atoms with Crippen molar-refractivity contribution in [2.75, 3.05) is 7.05 Å². The van der Waals surface area contributed by atoms with Gasteiger partial charge in [0.05, 0.1) is 0 Å². The second-order valence-electron chi connectivity index (χ2n) is 8.91. The summed E-state index contributed by atoms with van der Waals surface area (Å²) in [5.74, 6) is -0.831. The van der Waals surface area contributed by atoms with E-state index in [4.69, 9.17) is 4.74 Å². The van der Waals surface area contributed by atoms with E-state index in [0.29, 0.717) is 23.7 Å². The van der Waals surface area contributed by atoms with Gasteiger partial charge in [0.1, 0.15) is 12.4 Å². The van der Waals surface area contributed by atoms with Gasteiger partial charge in [-0.1, -0.05) is 30.3 Å². The Hall–Kier alpha value is -1.98. The van der Waals surface area contributed by atoms with E-state index < -0.39 is 11.6 Å². The SMILES string of the molecule is CN1C2CCC1CC(N[C@@H]1C[C@H]1c1cc(F)cc(F)c1OCc1ccccc1)C2. The molecular formula is C24H28F2N2O. The number of piperidine rings is 1. The van der Waals surface area contributed by atoms with Crippen LogP contribution in [0.15, 0.2) is 42.5 Å². The molecule has 0 aromatic heterocycles. The van der Waals surface area contributed by atoms with E-state index in [1.54, 1.807) is 0 Å². The third-order valence-corrected chi connectivity index (χ3v) is 7.00. The zero-order valence-electron chi connectivity index (χ0n) is 16.8. The summed E-state index contributed by atoms with van der Waals surface area (Å²) in [4.78, 5) is 2.53. The Balaban J connectivity index is 1.27. The van der Waals surface area contributed by atoms with Gasteiger partial charge in [-0.25, -0.2) is 8.78 Å². The Labute approximate surface area is 171 Å². The summed E-state index contributed by atoms with van der Waals surface area (Å²) in [5.41, 5.74) is 1.63. The normalized spacial score (nSPS) is 31.1. The van der Waals surface area contributed by atoms with Crippen LogP contribution in [0.1, 0.15) is 49.1 Å². The van der Waals surface area contributed by atoms with Crippen molar-refractivity contribution >= 4 is 0 Å². The molecule has 5 heteroatoms. The molecule has 3 fully saturated rings. The van der Waals surface area contributed by atoms with Gasteiger partial charge in [-0.15, -0.1) is 0 Å². The van der Waals surface area contributed by atoms with Crippen LogP contribution in [0.5, 0.6) is 5.75 Å². The van der Waals surface area contributed by atoms with Crippen LogP contribution in [0.3, 0.4) is 0 Å². The van der Waals surface area contributed by atoms with Gasteiger partial charge in [0.25, 0.3) is 0 Å². The summed E-state index contributed by atoms with van der Waals surface area (Å²) in [6.07, 6.45) is 5.84. The van der Waals surface area contributed by atoms with Crippen molar-refractivity contribution in [1.29, 1.82) is 0 Å². The van der Waals surface area contributed by atoms with Crippen molar-refractivity contribution in [3.8, 4) is 5.75 Å². The molecule has 154 valence electrons. The van der Waals surface area contributed by atoms with E-state index in [9.17, 15) is 8.78 Å². The van der Waals surface area contributed by atoms with Gasteiger partial charge in [-0.2, -0.15) is 0 Å². The van der Waals surface area contributed by atoms with Crippen molar-refractivity contribution in [3.63, 3.8) is 0 Å². The van der Waals surface area contributed by atoms with Gasteiger partial charge in [0, 0.05) is 41.7 Å².